The van der Waals surface area contributed by atoms with Crippen LogP contribution in [0.4, 0.5) is 0 Å². The minimum absolute atomic E-state index is 0.285. The first kappa shape index (κ1) is 14.7. The van der Waals surface area contributed by atoms with Gasteiger partial charge in [-0.05, 0) is 31.2 Å². The minimum atomic E-state index is -0.726. The van der Waals surface area contributed by atoms with E-state index in [1.807, 2.05) is 6.07 Å². The largest absolute Gasteiger partial charge is 0.455 e. The van der Waals surface area contributed by atoms with Crippen molar-refractivity contribution in [1.82, 2.24) is 0 Å². The molecule has 2 aromatic rings. The second-order valence-electron chi connectivity index (χ2n) is 4.19. The van der Waals surface area contributed by atoms with Gasteiger partial charge < -0.3 is 9.84 Å². The number of ether oxygens (including phenoxy) is 1. The molecule has 0 aliphatic heterocycles. The number of hydrogen-bond acceptors (Lipinski definition) is 3. The molecule has 0 aliphatic rings. The molecule has 0 bridgehead atoms. The lowest BCUT2D eigenvalue weighted by Crippen LogP contribution is -1.97. The number of hydrogen-bond donors (Lipinski definition) is 1. The lowest BCUT2D eigenvalue weighted by molar-refractivity contribution is 0.195. The van der Waals surface area contributed by atoms with Gasteiger partial charge >= 0.3 is 0 Å². The average molecular weight is 308 g/mol. The molecule has 0 fully saturated rings. The van der Waals surface area contributed by atoms with Crippen molar-refractivity contribution in [1.29, 1.82) is 5.26 Å². The molecule has 2 aromatic carbocycles. The Balaban J connectivity index is 2.46. The van der Waals surface area contributed by atoms with Gasteiger partial charge in [-0.2, -0.15) is 5.26 Å². The van der Waals surface area contributed by atoms with Gasteiger partial charge in [0.1, 0.15) is 16.5 Å². The molecule has 0 saturated heterocycles. The summed E-state index contributed by atoms with van der Waals surface area (Å²) in [5.41, 5.74) is 1.00. The maximum Gasteiger partial charge on any atom is 0.147 e. The van der Waals surface area contributed by atoms with Crippen molar-refractivity contribution in [2.24, 2.45) is 0 Å². The van der Waals surface area contributed by atoms with Crippen LogP contribution in [0, 0.1) is 11.3 Å². The first-order valence-corrected chi connectivity index (χ1v) is 6.62. The first-order chi connectivity index (χ1) is 9.52. The van der Waals surface area contributed by atoms with Gasteiger partial charge in [-0.15, -0.1) is 0 Å². The van der Waals surface area contributed by atoms with E-state index in [0.29, 0.717) is 27.6 Å². The fourth-order valence-corrected chi connectivity index (χ4v) is 2.05. The smallest absolute Gasteiger partial charge is 0.147 e. The van der Waals surface area contributed by atoms with Crippen LogP contribution in [-0.2, 0) is 0 Å². The Hall–Kier alpha value is -1.73. The van der Waals surface area contributed by atoms with Gasteiger partial charge in [-0.3, -0.25) is 0 Å². The lowest BCUT2D eigenvalue weighted by atomic mass is 10.1. The molecule has 1 N–H and O–H groups in total. The van der Waals surface area contributed by atoms with Crippen molar-refractivity contribution in [2.75, 3.05) is 0 Å². The van der Waals surface area contributed by atoms with Crippen molar-refractivity contribution >= 4 is 23.2 Å². The number of benzene rings is 2. The van der Waals surface area contributed by atoms with Gasteiger partial charge in [0.15, 0.2) is 0 Å². The number of aliphatic hydroxyl groups is 1. The fourth-order valence-electron chi connectivity index (χ4n) is 1.72. The van der Waals surface area contributed by atoms with Crippen LogP contribution in [0.3, 0.4) is 0 Å². The van der Waals surface area contributed by atoms with Crippen LogP contribution < -0.4 is 4.74 Å². The van der Waals surface area contributed by atoms with Crippen molar-refractivity contribution in [2.45, 2.75) is 13.0 Å². The van der Waals surface area contributed by atoms with E-state index in [0.717, 1.165) is 0 Å². The van der Waals surface area contributed by atoms with Crippen molar-refractivity contribution in [3.8, 4) is 17.6 Å². The van der Waals surface area contributed by atoms with Crippen molar-refractivity contribution in [3.63, 3.8) is 0 Å². The summed E-state index contributed by atoms with van der Waals surface area (Å²) in [6, 6.07) is 11.9. The van der Waals surface area contributed by atoms with Crippen LogP contribution in [0.5, 0.6) is 11.5 Å². The predicted octanol–water partition coefficient (Wildman–Crippen LogP) is 4.71. The third-order valence-electron chi connectivity index (χ3n) is 2.73. The molecule has 0 aromatic heterocycles. The number of rotatable bonds is 3. The zero-order valence-electron chi connectivity index (χ0n) is 10.6. The monoisotopic (exact) mass is 307 g/mol. The Bertz CT molecular complexity index is 678. The molecule has 0 heterocycles. The highest BCUT2D eigenvalue weighted by Crippen LogP contribution is 2.37. The first-order valence-electron chi connectivity index (χ1n) is 5.87. The van der Waals surface area contributed by atoms with Crippen LogP contribution in [0.15, 0.2) is 36.4 Å². The van der Waals surface area contributed by atoms with Crippen molar-refractivity contribution < 1.29 is 9.84 Å². The summed E-state index contributed by atoms with van der Waals surface area (Å²) < 4.78 is 5.70. The third-order valence-corrected chi connectivity index (χ3v) is 3.53. The van der Waals surface area contributed by atoms with Crippen molar-refractivity contribution in [3.05, 3.63) is 57.6 Å². The van der Waals surface area contributed by atoms with E-state index >= 15 is 0 Å². The summed E-state index contributed by atoms with van der Waals surface area (Å²) in [6.45, 7) is 1.62. The zero-order valence-corrected chi connectivity index (χ0v) is 12.1. The van der Waals surface area contributed by atoms with E-state index in [2.05, 4.69) is 0 Å². The van der Waals surface area contributed by atoms with Gasteiger partial charge in [0.05, 0.1) is 22.8 Å². The van der Waals surface area contributed by atoms with Gasteiger partial charge in [0.2, 0.25) is 0 Å². The molecule has 1 atom stereocenters. The molecular weight excluding hydrogens is 297 g/mol. The third kappa shape index (κ3) is 3.05. The minimum Gasteiger partial charge on any atom is -0.455 e. The molecule has 0 spiro atoms. The summed E-state index contributed by atoms with van der Waals surface area (Å²) in [4.78, 5) is 0. The number of nitriles is 1. The maximum absolute atomic E-state index is 9.75. The highest BCUT2D eigenvalue weighted by Gasteiger charge is 2.13. The van der Waals surface area contributed by atoms with Crippen LogP contribution in [0.1, 0.15) is 24.2 Å². The standard InChI is InChI=1S/C15H11Cl2NO2/c1-9(19)11-6-5-10(8-18)7-14(11)20-13-4-2-3-12(16)15(13)17/h2-7,9,19H,1H3/t9-/m0/s1. The molecule has 0 aliphatic carbocycles. The number of halogens is 2. The summed E-state index contributed by atoms with van der Waals surface area (Å²) in [6.07, 6.45) is -0.726. The fraction of sp³-hybridized carbons (Fsp3) is 0.133. The lowest BCUT2D eigenvalue weighted by Gasteiger charge is -2.14. The van der Waals surface area contributed by atoms with Gasteiger partial charge in [-0.1, -0.05) is 35.3 Å². The Morgan fingerprint density at radius 3 is 2.60 bits per heavy atom. The predicted molar refractivity (Wildman–Crippen MR) is 78.3 cm³/mol. The van der Waals surface area contributed by atoms with Crippen LogP contribution >= 0.6 is 23.2 Å². The Labute approximate surface area is 126 Å². The van der Waals surface area contributed by atoms with E-state index in [4.69, 9.17) is 33.2 Å². The number of nitrogens with zero attached hydrogens (tertiary/aromatic N) is 1. The molecule has 0 amide bonds. The van der Waals surface area contributed by atoms with Crippen LogP contribution in [0.2, 0.25) is 10.0 Å². The summed E-state index contributed by atoms with van der Waals surface area (Å²) >= 11 is 12.0. The van der Waals surface area contributed by atoms with E-state index in [9.17, 15) is 5.11 Å². The highest BCUT2D eigenvalue weighted by molar-refractivity contribution is 6.42. The molecule has 20 heavy (non-hydrogen) atoms. The maximum atomic E-state index is 9.75. The Morgan fingerprint density at radius 1 is 1.20 bits per heavy atom. The van der Waals surface area contributed by atoms with E-state index < -0.39 is 6.10 Å². The van der Waals surface area contributed by atoms with E-state index in [1.54, 1.807) is 43.3 Å². The number of aliphatic hydroxyl groups excluding tert-OH is 1. The summed E-state index contributed by atoms with van der Waals surface area (Å²) in [5.74, 6) is 0.749. The van der Waals surface area contributed by atoms with Gasteiger partial charge in [-0.25, -0.2) is 0 Å². The second-order valence-corrected chi connectivity index (χ2v) is 4.98. The molecule has 5 heteroatoms. The van der Waals surface area contributed by atoms with Crippen LogP contribution in [0.25, 0.3) is 0 Å². The molecule has 0 radical (unpaired) electrons. The SMILES string of the molecule is C[C@H](O)c1ccc(C#N)cc1Oc1cccc(Cl)c1Cl. The normalized spacial score (nSPS) is 11.8. The molecule has 3 nitrogen and oxygen atoms in total. The van der Waals surface area contributed by atoms with E-state index in [1.165, 1.54) is 0 Å². The average Bonchev–Trinajstić information content (AvgIpc) is 2.43. The topological polar surface area (TPSA) is 53.2 Å². The Morgan fingerprint density at radius 2 is 1.95 bits per heavy atom. The summed E-state index contributed by atoms with van der Waals surface area (Å²) in [7, 11) is 0. The molecule has 0 saturated carbocycles. The Kier molecular flexibility index (Phi) is 4.51. The molecule has 102 valence electrons. The van der Waals surface area contributed by atoms with Crippen LogP contribution in [-0.4, -0.2) is 5.11 Å². The second kappa shape index (κ2) is 6.15. The molecular formula is C15H11Cl2NO2. The highest BCUT2D eigenvalue weighted by atomic mass is 35.5. The molecule has 2 rings (SSSR count). The van der Waals surface area contributed by atoms with Gasteiger partial charge in [0, 0.05) is 5.56 Å². The zero-order chi connectivity index (χ0) is 14.7. The summed E-state index contributed by atoms with van der Waals surface area (Å²) in [5, 5.41) is 19.3. The quantitative estimate of drug-likeness (QED) is 0.893. The van der Waals surface area contributed by atoms with Gasteiger partial charge in [0.25, 0.3) is 0 Å². The van der Waals surface area contributed by atoms with E-state index in [-0.39, 0.29) is 5.02 Å². The molecule has 0 unspecified atom stereocenters.